The van der Waals surface area contributed by atoms with Gasteiger partial charge >= 0.3 is 0 Å². The van der Waals surface area contributed by atoms with Crippen molar-refractivity contribution in [2.45, 2.75) is 26.7 Å². The molecule has 20 heavy (non-hydrogen) atoms. The number of H-pyrrole nitrogens is 1. The third kappa shape index (κ3) is 2.29. The molecule has 0 atom stereocenters. The van der Waals surface area contributed by atoms with Crippen LogP contribution < -0.4 is 0 Å². The number of nitrogens with one attached hydrogen (secondary N) is 1. The zero-order valence-electron chi connectivity index (χ0n) is 11.7. The van der Waals surface area contributed by atoms with E-state index in [1.165, 1.54) is 5.69 Å². The molecule has 0 aliphatic carbocycles. The first-order valence-electron chi connectivity index (χ1n) is 6.67. The molecule has 3 nitrogen and oxygen atoms in total. The van der Waals surface area contributed by atoms with Gasteiger partial charge in [0.1, 0.15) is 0 Å². The lowest BCUT2D eigenvalue weighted by Crippen LogP contribution is -1.90. The predicted octanol–water partition coefficient (Wildman–Crippen LogP) is 4.71. The fourth-order valence-corrected chi connectivity index (χ4v) is 2.49. The second-order valence-corrected chi connectivity index (χ2v) is 5.77. The number of benzene rings is 1. The van der Waals surface area contributed by atoms with Gasteiger partial charge in [-0.15, -0.1) is 0 Å². The van der Waals surface area contributed by atoms with Gasteiger partial charge in [-0.3, -0.25) is 0 Å². The third-order valence-corrected chi connectivity index (χ3v) is 3.74. The maximum atomic E-state index is 6.38. The fourth-order valence-electron chi connectivity index (χ4n) is 2.23. The maximum absolute atomic E-state index is 6.38. The molecular formula is C16H16ClN3. The fraction of sp³-hybridized carbons (Fsp3) is 0.250. The molecular weight excluding hydrogens is 270 g/mol. The van der Waals surface area contributed by atoms with Crippen molar-refractivity contribution in [3.8, 4) is 11.3 Å². The molecule has 3 rings (SSSR count). The minimum atomic E-state index is 0.462. The van der Waals surface area contributed by atoms with E-state index in [0.29, 0.717) is 10.9 Å². The summed E-state index contributed by atoms with van der Waals surface area (Å²) in [5.41, 5.74) is 4.89. The highest BCUT2D eigenvalue weighted by Gasteiger charge is 2.11. The summed E-state index contributed by atoms with van der Waals surface area (Å²) in [7, 11) is 0. The van der Waals surface area contributed by atoms with E-state index in [2.05, 4.69) is 35.1 Å². The monoisotopic (exact) mass is 285 g/mol. The zero-order valence-corrected chi connectivity index (χ0v) is 12.5. The van der Waals surface area contributed by atoms with Gasteiger partial charge in [0, 0.05) is 22.2 Å². The van der Waals surface area contributed by atoms with Crippen LogP contribution >= 0.6 is 11.6 Å². The van der Waals surface area contributed by atoms with Crippen molar-refractivity contribution in [2.24, 2.45) is 0 Å². The van der Waals surface area contributed by atoms with E-state index in [-0.39, 0.29) is 0 Å². The molecule has 4 heteroatoms. The summed E-state index contributed by atoms with van der Waals surface area (Å²) >= 11 is 6.38. The summed E-state index contributed by atoms with van der Waals surface area (Å²) in [5.74, 6) is 0.462. The number of rotatable bonds is 2. The Kier molecular flexibility index (Phi) is 3.22. The van der Waals surface area contributed by atoms with Gasteiger partial charge in [-0.1, -0.05) is 25.4 Å². The van der Waals surface area contributed by atoms with Crippen molar-refractivity contribution >= 4 is 22.5 Å². The smallest absolute Gasteiger partial charge is 0.0945 e. The lowest BCUT2D eigenvalue weighted by Gasteiger charge is -2.04. The number of aromatic amines is 1. The van der Waals surface area contributed by atoms with E-state index in [4.69, 9.17) is 11.6 Å². The summed E-state index contributed by atoms with van der Waals surface area (Å²) < 4.78 is 0. The van der Waals surface area contributed by atoms with Crippen LogP contribution in [0.25, 0.3) is 22.2 Å². The molecule has 0 radical (unpaired) electrons. The molecule has 0 aliphatic heterocycles. The van der Waals surface area contributed by atoms with Crippen LogP contribution in [-0.4, -0.2) is 15.2 Å². The zero-order chi connectivity index (χ0) is 14.3. The average molecular weight is 286 g/mol. The van der Waals surface area contributed by atoms with Crippen molar-refractivity contribution in [2.75, 3.05) is 0 Å². The van der Waals surface area contributed by atoms with Crippen LogP contribution in [0.4, 0.5) is 0 Å². The summed E-state index contributed by atoms with van der Waals surface area (Å²) in [6.45, 7) is 6.25. The quantitative estimate of drug-likeness (QED) is 0.741. The van der Waals surface area contributed by atoms with Crippen LogP contribution in [-0.2, 0) is 0 Å². The predicted molar refractivity (Wildman–Crippen MR) is 83.2 cm³/mol. The number of hydrogen-bond acceptors (Lipinski definition) is 2. The summed E-state index contributed by atoms with van der Waals surface area (Å²) in [6.07, 6.45) is 0. The Bertz CT molecular complexity index is 757. The topological polar surface area (TPSA) is 41.6 Å². The van der Waals surface area contributed by atoms with E-state index in [1.54, 1.807) is 0 Å². The molecule has 0 saturated heterocycles. The molecule has 0 unspecified atom stereocenters. The largest absolute Gasteiger partial charge is 0.358 e. The van der Waals surface area contributed by atoms with Crippen LogP contribution in [0, 0.1) is 6.92 Å². The Morgan fingerprint density at radius 2 is 1.90 bits per heavy atom. The van der Waals surface area contributed by atoms with Crippen LogP contribution in [0.1, 0.15) is 31.2 Å². The number of fused-ring (bicyclic) bond motifs is 1. The number of aromatic nitrogens is 3. The molecule has 1 N–H and O–H groups in total. The second-order valence-electron chi connectivity index (χ2n) is 5.36. The first-order chi connectivity index (χ1) is 9.54. The van der Waals surface area contributed by atoms with Gasteiger partial charge in [0.25, 0.3) is 0 Å². The minimum Gasteiger partial charge on any atom is -0.358 e. The maximum Gasteiger partial charge on any atom is 0.0945 e. The molecule has 1 aromatic carbocycles. The molecule has 2 aromatic heterocycles. The molecule has 0 aliphatic rings. The Balaban J connectivity index is 2.16. The lowest BCUT2D eigenvalue weighted by molar-refractivity contribution is 0.836. The molecule has 0 fully saturated rings. The van der Waals surface area contributed by atoms with Gasteiger partial charge in [-0.2, -0.15) is 10.2 Å². The van der Waals surface area contributed by atoms with Gasteiger partial charge in [-0.05, 0) is 43.2 Å². The molecule has 0 spiro atoms. The van der Waals surface area contributed by atoms with Crippen molar-refractivity contribution in [3.63, 3.8) is 0 Å². The van der Waals surface area contributed by atoms with Gasteiger partial charge in [0.15, 0.2) is 0 Å². The molecule has 0 saturated carbocycles. The minimum absolute atomic E-state index is 0.462. The van der Waals surface area contributed by atoms with Crippen molar-refractivity contribution in [3.05, 3.63) is 46.7 Å². The lowest BCUT2D eigenvalue weighted by atomic mass is 10.1. The molecule has 102 valence electrons. The number of halogens is 1. The van der Waals surface area contributed by atoms with Crippen LogP contribution in [0.15, 0.2) is 30.3 Å². The number of hydrogen-bond donors (Lipinski definition) is 1. The summed E-state index contributed by atoms with van der Waals surface area (Å²) in [5, 5.41) is 10.1. The highest BCUT2D eigenvalue weighted by atomic mass is 35.5. The number of nitrogens with zero attached hydrogens (tertiary/aromatic N) is 2. The van der Waals surface area contributed by atoms with E-state index >= 15 is 0 Å². The second kappa shape index (κ2) is 4.91. The highest BCUT2D eigenvalue weighted by molar-refractivity contribution is 6.34. The van der Waals surface area contributed by atoms with E-state index < -0.39 is 0 Å². The standard InChI is InChI=1S/C16H16ClN3/c1-9(2)15-7-11-6-13(17)12(8-16(11)18-15)14-5-4-10(3)19-20-14/h4-9,18H,1-3H3. The van der Waals surface area contributed by atoms with Crippen LogP contribution in [0.3, 0.4) is 0 Å². The van der Waals surface area contributed by atoms with Crippen molar-refractivity contribution in [1.82, 2.24) is 15.2 Å². The SMILES string of the molecule is Cc1ccc(-c2cc3[nH]c(C(C)C)cc3cc2Cl)nn1. The summed E-state index contributed by atoms with van der Waals surface area (Å²) in [6, 6.07) is 10.1. The molecule has 0 amide bonds. The average Bonchev–Trinajstić information content (AvgIpc) is 2.82. The Labute approximate surface area is 123 Å². The van der Waals surface area contributed by atoms with Crippen LogP contribution in [0.2, 0.25) is 5.02 Å². The van der Waals surface area contributed by atoms with Gasteiger partial charge in [-0.25, -0.2) is 0 Å². The molecule has 3 aromatic rings. The van der Waals surface area contributed by atoms with Crippen molar-refractivity contribution in [1.29, 1.82) is 0 Å². The normalized spacial score (nSPS) is 11.4. The first-order valence-corrected chi connectivity index (χ1v) is 7.05. The third-order valence-electron chi connectivity index (χ3n) is 3.43. The van der Waals surface area contributed by atoms with E-state index in [0.717, 1.165) is 27.9 Å². The first kappa shape index (κ1) is 13.1. The number of aryl methyl sites for hydroxylation is 1. The van der Waals surface area contributed by atoms with Gasteiger partial charge in [0.05, 0.1) is 16.4 Å². The van der Waals surface area contributed by atoms with E-state index in [9.17, 15) is 0 Å². The molecule has 2 heterocycles. The Hall–Kier alpha value is -1.87. The van der Waals surface area contributed by atoms with E-state index in [1.807, 2.05) is 31.2 Å². The summed E-state index contributed by atoms with van der Waals surface area (Å²) in [4.78, 5) is 3.44. The van der Waals surface area contributed by atoms with Crippen molar-refractivity contribution < 1.29 is 0 Å². The Morgan fingerprint density at radius 3 is 2.55 bits per heavy atom. The van der Waals surface area contributed by atoms with Gasteiger partial charge in [0.2, 0.25) is 0 Å². The highest BCUT2D eigenvalue weighted by Crippen LogP contribution is 2.32. The molecule has 0 bridgehead atoms. The van der Waals surface area contributed by atoms with Crippen LogP contribution in [0.5, 0.6) is 0 Å². The van der Waals surface area contributed by atoms with Gasteiger partial charge < -0.3 is 4.98 Å². The Morgan fingerprint density at radius 1 is 1.10 bits per heavy atom.